The van der Waals surface area contributed by atoms with Crippen LogP contribution in [0.1, 0.15) is 17.0 Å². The zero-order valence-electron chi connectivity index (χ0n) is 14.8. The summed E-state index contributed by atoms with van der Waals surface area (Å²) in [5.74, 6) is 1.17. The highest BCUT2D eigenvalue weighted by molar-refractivity contribution is 7.89. The third-order valence-corrected chi connectivity index (χ3v) is 6.03. The van der Waals surface area contributed by atoms with Gasteiger partial charge in [-0.2, -0.15) is 5.10 Å². The summed E-state index contributed by atoms with van der Waals surface area (Å²) in [7, 11) is -3.80. The molecule has 1 aromatic carbocycles. The number of nitrogens with zero attached hydrogens (tertiary/aromatic N) is 1. The van der Waals surface area contributed by atoms with E-state index >= 15 is 0 Å². The molecule has 0 fully saturated rings. The largest absolute Gasteiger partial charge is 0.486 e. The SMILES string of the molecule is Cc1n[nH]c(C)c1S(=O)(=O)NCc1cc2cc3c(cc2[nH]c1=O)OCCO3. The van der Waals surface area contributed by atoms with E-state index in [9.17, 15) is 13.2 Å². The monoisotopic (exact) mass is 390 g/mol. The molecule has 2 aromatic heterocycles. The summed E-state index contributed by atoms with van der Waals surface area (Å²) in [5, 5.41) is 7.27. The molecule has 0 saturated heterocycles. The second-order valence-corrected chi connectivity index (χ2v) is 8.00. The van der Waals surface area contributed by atoms with E-state index < -0.39 is 10.0 Å². The quantitative estimate of drug-likeness (QED) is 0.613. The minimum atomic E-state index is -3.80. The van der Waals surface area contributed by atoms with Crippen LogP contribution in [0.3, 0.4) is 0 Å². The van der Waals surface area contributed by atoms with Crippen molar-refractivity contribution in [3.63, 3.8) is 0 Å². The second-order valence-electron chi connectivity index (χ2n) is 6.29. The molecule has 142 valence electrons. The number of aryl methyl sites for hydroxylation is 2. The van der Waals surface area contributed by atoms with Crippen molar-refractivity contribution in [1.29, 1.82) is 0 Å². The highest BCUT2D eigenvalue weighted by Gasteiger charge is 2.22. The predicted octanol–water partition coefficient (Wildman–Crippen LogP) is 1.12. The highest BCUT2D eigenvalue weighted by Crippen LogP contribution is 2.33. The number of nitrogens with one attached hydrogen (secondary N) is 3. The average molecular weight is 390 g/mol. The van der Waals surface area contributed by atoms with Crippen molar-refractivity contribution in [1.82, 2.24) is 19.9 Å². The lowest BCUT2D eigenvalue weighted by molar-refractivity contribution is 0.172. The summed E-state index contributed by atoms with van der Waals surface area (Å²) in [6.07, 6.45) is 0. The molecule has 27 heavy (non-hydrogen) atoms. The Bertz CT molecular complexity index is 1180. The van der Waals surface area contributed by atoms with Gasteiger partial charge in [0.15, 0.2) is 11.5 Å². The van der Waals surface area contributed by atoms with Crippen LogP contribution in [0.4, 0.5) is 0 Å². The fourth-order valence-corrected chi connectivity index (χ4v) is 4.47. The van der Waals surface area contributed by atoms with Crippen LogP contribution < -0.4 is 19.8 Å². The van der Waals surface area contributed by atoms with E-state index in [1.54, 1.807) is 32.0 Å². The zero-order valence-corrected chi connectivity index (χ0v) is 15.6. The number of pyridine rings is 1. The van der Waals surface area contributed by atoms with E-state index in [-0.39, 0.29) is 17.0 Å². The molecular weight excluding hydrogens is 372 g/mol. The summed E-state index contributed by atoms with van der Waals surface area (Å²) >= 11 is 0. The number of hydrogen-bond acceptors (Lipinski definition) is 6. The lowest BCUT2D eigenvalue weighted by Gasteiger charge is -2.18. The minimum Gasteiger partial charge on any atom is -0.486 e. The van der Waals surface area contributed by atoms with E-state index in [1.807, 2.05) is 0 Å². The van der Waals surface area contributed by atoms with Crippen molar-refractivity contribution in [2.75, 3.05) is 13.2 Å². The van der Waals surface area contributed by atoms with Gasteiger partial charge >= 0.3 is 0 Å². The first kappa shape index (κ1) is 17.6. The minimum absolute atomic E-state index is 0.0966. The smallest absolute Gasteiger partial charge is 0.252 e. The fraction of sp³-hybridized carbons (Fsp3) is 0.294. The molecule has 9 nitrogen and oxygen atoms in total. The Balaban J connectivity index is 1.66. The first-order valence-electron chi connectivity index (χ1n) is 8.32. The van der Waals surface area contributed by atoms with Crippen molar-refractivity contribution in [2.45, 2.75) is 25.3 Å². The molecular formula is C17H18N4O5S. The fourth-order valence-electron chi connectivity index (χ4n) is 3.10. The Morgan fingerprint density at radius 1 is 1.15 bits per heavy atom. The Morgan fingerprint density at radius 3 is 2.52 bits per heavy atom. The second kappa shape index (κ2) is 6.39. The maximum Gasteiger partial charge on any atom is 0.252 e. The van der Waals surface area contributed by atoms with E-state index in [2.05, 4.69) is 19.9 Å². The molecule has 10 heteroatoms. The molecule has 4 rings (SSSR count). The van der Waals surface area contributed by atoms with Gasteiger partial charge in [0.05, 0.1) is 16.9 Å². The number of rotatable bonds is 4. The standard InChI is InChI=1S/C17H18N4O5S/c1-9-16(10(2)21-20-9)27(23,24)18-8-12-5-11-6-14-15(26-4-3-25-14)7-13(11)19-17(12)22/h5-7,18H,3-4,8H2,1-2H3,(H,19,22)(H,20,21). The molecule has 0 spiro atoms. The molecule has 0 bridgehead atoms. The third-order valence-electron chi connectivity index (χ3n) is 4.37. The van der Waals surface area contributed by atoms with Crippen LogP contribution in [0.5, 0.6) is 11.5 Å². The summed E-state index contributed by atoms with van der Waals surface area (Å²) in [5.41, 5.74) is 1.33. The van der Waals surface area contributed by atoms with Gasteiger partial charge in [-0.3, -0.25) is 9.89 Å². The van der Waals surface area contributed by atoms with Gasteiger partial charge in [-0.25, -0.2) is 13.1 Å². The van der Waals surface area contributed by atoms with Crippen molar-refractivity contribution < 1.29 is 17.9 Å². The van der Waals surface area contributed by atoms with Gasteiger partial charge in [0.2, 0.25) is 10.0 Å². The van der Waals surface area contributed by atoms with Crippen LogP contribution in [-0.4, -0.2) is 36.8 Å². The maximum absolute atomic E-state index is 12.6. The Kier molecular flexibility index (Phi) is 4.16. The Hall–Kier alpha value is -2.85. The first-order chi connectivity index (χ1) is 12.8. The number of aromatic nitrogens is 3. The van der Waals surface area contributed by atoms with E-state index in [0.717, 1.165) is 5.39 Å². The molecule has 0 aliphatic carbocycles. The molecule has 0 unspecified atom stereocenters. The molecule has 3 N–H and O–H groups in total. The topological polar surface area (TPSA) is 126 Å². The number of sulfonamides is 1. The lowest BCUT2D eigenvalue weighted by Crippen LogP contribution is -2.27. The molecule has 1 aliphatic heterocycles. The first-order valence-corrected chi connectivity index (χ1v) is 9.80. The predicted molar refractivity (Wildman–Crippen MR) is 97.6 cm³/mol. The number of ether oxygens (including phenoxy) is 2. The van der Waals surface area contributed by atoms with Crippen LogP contribution in [0, 0.1) is 13.8 Å². The average Bonchev–Trinajstić information content (AvgIpc) is 2.97. The van der Waals surface area contributed by atoms with Crippen LogP contribution in [0.15, 0.2) is 27.9 Å². The van der Waals surface area contributed by atoms with E-state index in [1.165, 1.54) is 0 Å². The van der Waals surface area contributed by atoms with Gasteiger partial charge < -0.3 is 14.5 Å². The lowest BCUT2D eigenvalue weighted by atomic mass is 10.1. The Labute approximate surface area is 154 Å². The van der Waals surface area contributed by atoms with Gasteiger partial charge in [-0.05, 0) is 26.0 Å². The number of aromatic amines is 2. The number of fused-ring (bicyclic) bond motifs is 2. The normalized spacial score (nSPS) is 13.9. The van der Waals surface area contributed by atoms with Crippen molar-refractivity contribution in [3.8, 4) is 11.5 Å². The highest BCUT2D eigenvalue weighted by atomic mass is 32.2. The third kappa shape index (κ3) is 3.17. The van der Waals surface area contributed by atoms with Crippen LogP contribution in [0.2, 0.25) is 0 Å². The molecule has 3 aromatic rings. The van der Waals surface area contributed by atoms with Crippen LogP contribution in [-0.2, 0) is 16.6 Å². The van der Waals surface area contributed by atoms with Crippen molar-refractivity contribution in [3.05, 3.63) is 45.5 Å². The maximum atomic E-state index is 12.6. The number of H-pyrrole nitrogens is 2. The van der Waals surface area contributed by atoms with E-state index in [4.69, 9.17) is 9.47 Å². The molecule has 3 heterocycles. The number of benzene rings is 1. The summed E-state index contributed by atoms with van der Waals surface area (Å²) < 4.78 is 38.6. The summed E-state index contributed by atoms with van der Waals surface area (Å²) in [6, 6.07) is 5.11. The van der Waals surface area contributed by atoms with Gasteiger partial charge in [-0.1, -0.05) is 0 Å². The van der Waals surface area contributed by atoms with Gasteiger partial charge in [-0.15, -0.1) is 0 Å². The van der Waals surface area contributed by atoms with Crippen LogP contribution >= 0.6 is 0 Å². The number of hydrogen-bond donors (Lipinski definition) is 3. The zero-order chi connectivity index (χ0) is 19.2. The van der Waals surface area contributed by atoms with Crippen molar-refractivity contribution >= 4 is 20.9 Å². The molecule has 0 atom stereocenters. The van der Waals surface area contributed by atoms with Gasteiger partial charge in [0, 0.05) is 23.6 Å². The Morgan fingerprint density at radius 2 is 1.85 bits per heavy atom. The molecule has 0 amide bonds. The van der Waals surface area contributed by atoms with E-state index in [0.29, 0.717) is 47.2 Å². The summed E-state index contributed by atoms with van der Waals surface area (Å²) in [4.78, 5) is 15.2. The molecule has 1 aliphatic rings. The van der Waals surface area contributed by atoms with Crippen molar-refractivity contribution in [2.24, 2.45) is 0 Å². The van der Waals surface area contributed by atoms with Gasteiger partial charge in [0.25, 0.3) is 5.56 Å². The molecule has 0 saturated carbocycles. The summed E-state index contributed by atoms with van der Waals surface area (Å²) in [6.45, 7) is 3.99. The van der Waals surface area contributed by atoms with Crippen LogP contribution in [0.25, 0.3) is 10.9 Å². The van der Waals surface area contributed by atoms with Gasteiger partial charge in [0.1, 0.15) is 18.1 Å². The molecule has 0 radical (unpaired) electrons.